The van der Waals surface area contributed by atoms with Crippen molar-refractivity contribution in [1.29, 1.82) is 5.26 Å². The van der Waals surface area contributed by atoms with Gasteiger partial charge in [-0.2, -0.15) is 5.26 Å². The molecular formula is C24H18N4O7. The number of rotatable bonds is 9. The Morgan fingerprint density at radius 1 is 1.00 bits per heavy atom. The Kier molecular flexibility index (Phi) is 7.71. The Balaban J connectivity index is 1.91. The number of ether oxygens (including phenoxy) is 2. The average Bonchev–Trinajstić information content (AvgIpc) is 2.84. The van der Waals surface area contributed by atoms with Crippen LogP contribution in [-0.4, -0.2) is 22.4 Å². The van der Waals surface area contributed by atoms with Crippen molar-refractivity contribution < 1.29 is 24.1 Å². The molecule has 0 saturated heterocycles. The van der Waals surface area contributed by atoms with Gasteiger partial charge >= 0.3 is 5.69 Å². The highest BCUT2D eigenvalue weighted by molar-refractivity contribution is 6.09. The molecule has 0 aliphatic heterocycles. The van der Waals surface area contributed by atoms with Gasteiger partial charge in [-0.3, -0.25) is 25.0 Å². The molecule has 11 nitrogen and oxygen atoms in total. The van der Waals surface area contributed by atoms with Gasteiger partial charge in [0, 0.05) is 11.8 Å². The van der Waals surface area contributed by atoms with Crippen molar-refractivity contribution in [3.63, 3.8) is 0 Å². The highest BCUT2D eigenvalue weighted by Gasteiger charge is 2.22. The van der Waals surface area contributed by atoms with Gasteiger partial charge in [0.15, 0.2) is 11.5 Å². The fourth-order valence-electron chi connectivity index (χ4n) is 2.97. The van der Waals surface area contributed by atoms with E-state index >= 15 is 0 Å². The van der Waals surface area contributed by atoms with Gasteiger partial charge in [0.2, 0.25) is 5.75 Å². The highest BCUT2D eigenvalue weighted by atomic mass is 16.6. The van der Waals surface area contributed by atoms with Crippen LogP contribution in [0.25, 0.3) is 6.08 Å². The normalized spacial score (nSPS) is 10.7. The molecule has 35 heavy (non-hydrogen) atoms. The van der Waals surface area contributed by atoms with Crippen LogP contribution in [-0.2, 0) is 4.79 Å². The fourth-order valence-corrected chi connectivity index (χ4v) is 2.97. The van der Waals surface area contributed by atoms with Crippen LogP contribution in [0.5, 0.6) is 17.2 Å². The van der Waals surface area contributed by atoms with Crippen LogP contribution >= 0.6 is 0 Å². The Labute approximate surface area is 199 Å². The van der Waals surface area contributed by atoms with E-state index in [4.69, 9.17) is 9.47 Å². The van der Waals surface area contributed by atoms with Gasteiger partial charge in [-0.05, 0) is 48.9 Å². The van der Waals surface area contributed by atoms with Crippen molar-refractivity contribution in [1.82, 2.24) is 0 Å². The number of nitriles is 1. The first-order valence-electron chi connectivity index (χ1n) is 10.2. The summed E-state index contributed by atoms with van der Waals surface area (Å²) in [6, 6.07) is 18.0. The maximum absolute atomic E-state index is 12.5. The summed E-state index contributed by atoms with van der Waals surface area (Å²) in [6.07, 6.45) is 1.36. The number of hydrogen-bond donors (Lipinski definition) is 1. The third-order valence-electron chi connectivity index (χ3n) is 4.55. The minimum Gasteiger partial charge on any atom is -0.490 e. The quantitative estimate of drug-likeness (QED) is 0.191. The van der Waals surface area contributed by atoms with Gasteiger partial charge in [0.25, 0.3) is 11.6 Å². The van der Waals surface area contributed by atoms with Crippen LogP contribution in [0.4, 0.5) is 17.1 Å². The number of carbonyl (C=O) groups is 1. The lowest BCUT2D eigenvalue weighted by Crippen LogP contribution is -2.13. The van der Waals surface area contributed by atoms with Gasteiger partial charge in [0.05, 0.1) is 22.5 Å². The zero-order valence-electron chi connectivity index (χ0n) is 18.3. The van der Waals surface area contributed by atoms with Crippen molar-refractivity contribution >= 4 is 29.0 Å². The van der Waals surface area contributed by atoms with Crippen LogP contribution in [0, 0.1) is 31.6 Å². The number of nitrogens with one attached hydrogen (secondary N) is 1. The van der Waals surface area contributed by atoms with Gasteiger partial charge < -0.3 is 14.8 Å². The lowest BCUT2D eigenvalue weighted by molar-refractivity contribution is -0.394. The third kappa shape index (κ3) is 6.17. The summed E-state index contributed by atoms with van der Waals surface area (Å²) in [5.41, 5.74) is -0.223. The first-order chi connectivity index (χ1) is 16.8. The van der Waals surface area contributed by atoms with Crippen LogP contribution in [0.2, 0.25) is 0 Å². The number of non-ortho nitro benzene ring substituents is 1. The lowest BCUT2D eigenvalue weighted by atomic mass is 10.1. The van der Waals surface area contributed by atoms with E-state index < -0.39 is 27.1 Å². The Morgan fingerprint density at radius 2 is 1.71 bits per heavy atom. The first-order valence-corrected chi connectivity index (χ1v) is 10.2. The first kappa shape index (κ1) is 24.4. The number of para-hydroxylation sites is 1. The molecule has 3 aromatic carbocycles. The Hall–Kier alpha value is -5.24. The minimum atomic E-state index is -0.787. The monoisotopic (exact) mass is 474 g/mol. The van der Waals surface area contributed by atoms with E-state index in [0.29, 0.717) is 11.3 Å². The summed E-state index contributed by atoms with van der Waals surface area (Å²) in [4.78, 5) is 33.3. The van der Waals surface area contributed by atoms with Crippen LogP contribution in [0.3, 0.4) is 0 Å². The molecule has 11 heteroatoms. The molecule has 0 heterocycles. The van der Waals surface area contributed by atoms with Crippen molar-refractivity contribution in [2.24, 2.45) is 0 Å². The molecule has 1 N–H and O–H groups in total. The zero-order valence-corrected chi connectivity index (χ0v) is 18.3. The van der Waals surface area contributed by atoms with Crippen molar-refractivity contribution in [3.8, 4) is 23.3 Å². The molecule has 1 amide bonds. The topological polar surface area (TPSA) is 158 Å². The average molecular weight is 474 g/mol. The summed E-state index contributed by atoms with van der Waals surface area (Å²) in [6.45, 7) is 1.94. The molecule has 176 valence electrons. The molecule has 0 spiro atoms. The molecular weight excluding hydrogens is 456 g/mol. The zero-order chi connectivity index (χ0) is 25.4. The second-order valence-electron chi connectivity index (χ2n) is 6.90. The molecule has 0 radical (unpaired) electrons. The molecule has 0 aliphatic rings. The Bertz CT molecular complexity index is 1350. The maximum Gasteiger partial charge on any atom is 0.318 e. The largest absolute Gasteiger partial charge is 0.490 e. The smallest absolute Gasteiger partial charge is 0.318 e. The molecule has 0 aliphatic carbocycles. The van der Waals surface area contributed by atoms with Gasteiger partial charge in [-0.15, -0.1) is 0 Å². The molecule has 0 saturated carbocycles. The number of nitro benzene ring substituents is 2. The van der Waals surface area contributed by atoms with E-state index in [2.05, 4.69) is 5.32 Å². The van der Waals surface area contributed by atoms with Crippen molar-refractivity contribution in [2.45, 2.75) is 6.92 Å². The predicted molar refractivity (Wildman–Crippen MR) is 126 cm³/mol. The number of hydrogen-bond acceptors (Lipinski definition) is 8. The summed E-state index contributed by atoms with van der Waals surface area (Å²) in [5, 5.41) is 34.4. The van der Waals surface area contributed by atoms with Crippen molar-refractivity contribution in [2.75, 3.05) is 11.9 Å². The van der Waals surface area contributed by atoms with Crippen LogP contribution < -0.4 is 14.8 Å². The number of amides is 1. The van der Waals surface area contributed by atoms with Gasteiger partial charge in [-0.25, -0.2) is 0 Å². The summed E-state index contributed by atoms with van der Waals surface area (Å²) in [7, 11) is 0. The predicted octanol–water partition coefficient (Wildman–Crippen LogP) is 5.24. The molecule has 0 fully saturated rings. The second-order valence-corrected chi connectivity index (χ2v) is 6.90. The van der Waals surface area contributed by atoms with Gasteiger partial charge in [-0.1, -0.05) is 24.3 Å². The minimum absolute atomic E-state index is 0.105. The highest BCUT2D eigenvalue weighted by Crippen LogP contribution is 2.38. The second kappa shape index (κ2) is 11.1. The van der Waals surface area contributed by atoms with Crippen LogP contribution in [0.1, 0.15) is 12.5 Å². The number of nitro groups is 2. The van der Waals surface area contributed by atoms with Crippen molar-refractivity contribution in [3.05, 3.63) is 98.1 Å². The van der Waals surface area contributed by atoms with E-state index in [0.717, 1.165) is 18.2 Å². The number of anilines is 1. The number of carbonyl (C=O) groups excluding carboxylic acids is 1. The van der Waals surface area contributed by atoms with E-state index in [1.165, 1.54) is 24.3 Å². The van der Waals surface area contributed by atoms with Gasteiger partial charge in [0.1, 0.15) is 11.6 Å². The van der Waals surface area contributed by atoms with Crippen LogP contribution in [0.15, 0.2) is 72.3 Å². The van der Waals surface area contributed by atoms with E-state index in [-0.39, 0.29) is 29.4 Å². The maximum atomic E-state index is 12.5. The third-order valence-corrected chi connectivity index (χ3v) is 4.55. The molecule has 0 atom stereocenters. The number of benzene rings is 3. The standard InChI is InChI=1S/C24H18N4O7/c1-2-34-23-13-16(12-17(15-25)24(29)26-18-6-4-3-5-7-18)8-10-22(23)35-21-11-9-19(27(30)31)14-20(21)28(32)33/h3-14H,2H2,1H3,(H,26,29). The number of nitrogens with zero attached hydrogens (tertiary/aromatic N) is 3. The molecule has 0 unspecified atom stereocenters. The molecule has 3 rings (SSSR count). The fraction of sp³-hybridized carbons (Fsp3) is 0.0833. The molecule has 3 aromatic rings. The summed E-state index contributed by atoms with van der Waals surface area (Å²) >= 11 is 0. The Morgan fingerprint density at radius 3 is 2.34 bits per heavy atom. The SMILES string of the molecule is CCOc1cc(C=C(C#N)C(=O)Nc2ccccc2)ccc1Oc1ccc([N+](=O)[O-])cc1[N+](=O)[O-]. The van der Waals surface area contributed by atoms with E-state index in [1.54, 1.807) is 37.3 Å². The summed E-state index contributed by atoms with van der Waals surface area (Å²) < 4.78 is 11.2. The summed E-state index contributed by atoms with van der Waals surface area (Å²) in [5.74, 6) is -0.522. The lowest BCUT2D eigenvalue weighted by Gasteiger charge is -2.12. The van der Waals surface area contributed by atoms with E-state index in [9.17, 15) is 30.3 Å². The molecule has 0 aromatic heterocycles. The molecule has 0 bridgehead atoms. The van der Waals surface area contributed by atoms with E-state index in [1.807, 2.05) is 6.07 Å².